The molecule has 0 bridgehead atoms. The predicted octanol–water partition coefficient (Wildman–Crippen LogP) is 1.93. The topological polar surface area (TPSA) is 55.4 Å². The molecule has 0 aliphatic carbocycles. The van der Waals surface area contributed by atoms with Gasteiger partial charge in [-0.3, -0.25) is 0 Å². The summed E-state index contributed by atoms with van der Waals surface area (Å²) in [5.74, 6) is -1.35. The van der Waals surface area contributed by atoms with Gasteiger partial charge < -0.3 is 28.4 Å². The molecule has 0 N–H and O–H groups in total. The second kappa shape index (κ2) is 5.21. The molecule has 21 heavy (non-hydrogen) atoms. The first-order valence-electron chi connectivity index (χ1n) is 7.41. The molecule has 3 rings (SSSR count). The number of hydrogen-bond donors (Lipinski definition) is 0. The zero-order valence-electron chi connectivity index (χ0n) is 13.2. The van der Waals surface area contributed by atoms with Gasteiger partial charge in [0.1, 0.15) is 31.0 Å². The molecule has 120 valence electrons. The molecule has 6 heteroatoms. The standard InChI is InChI=1S/C15H24O6/c1-6-7-16-8-9-10-11(19-14(2,3)18-10)12-13(17-9)21-15(4,5)20-12/h6-7,9-13H,8H2,1-5H3/b7-6-/t9-,10+,11+,12-,13-/m1/s1. The monoisotopic (exact) mass is 300 g/mol. The van der Waals surface area contributed by atoms with Crippen molar-refractivity contribution in [1.82, 2.24) is 0 Å². The van der Waals surface area contributed by atoms with Gasteiger partial charge >= 0.3 is 0 Å². The van der Waals surface area contributed by atoms with Crippen LogP contribution in [0.25, 0.3) is 0 Å². The Hall–Kier alpha value is -0.660. The normalized spacial score (nSPS) is 43.8. The van der Waals surface area contributed by atoms with Crippen LogP contribution in [0.1, 0.15) is 34.6 Å². The first kappa shape index (κ1) is 15.2. The van der Waals surface area contributed by atoms with Crippen LogP contribution in [-0.2, 0) is 28.4 Å². The van der Waals surface area contributed by atoms with Crippen LogP contribution >= 0.6 is 0 Å². The molecule has 0 unspecified atom stereocenters. The molecule has 0 aromatic carbocycles. The van der Waals surface area contributed by atoms with Crippen LogP contribution in [0.3, 0.4) is 0 Å². The van der Waals surface area contributed by atoms with Gasteiger partial charge in [-0.1, -0.05) is 6.08 Å². The summed E-state index contributed by atoms with van der Waals surface area (Å²) in [6.07, 6.45) is 2.01. The Labute approximate surface area is 125 Å². The van der Waals surface area contributed by atoms with Crippen molar-refractivity contribution in [2.24, 2.45) is 0 Å². The summed E-state index contributed by atoms with van der Waals surface area (Å²) in [6.45, 7) is 9.81. The van der Waals surface area contributed by atoms with Gasteiger partial charge in [0.05, 0.1) is 6.26 Å². The Kier molecular flexibility index (Phi) is 3.78. The highest BCUT2D eigenvalue weighted by atomic mass is 16.9. The van der Waals surface area contributed by atoms with Crippen LogP contribution in [0.2, 0.25) is 0 Å². The lowest BCUT2D eigenvalue weighted by Gasteiger charge is -2.36. The van der Waals surface area contributed by atoms with Gasteiger partial charge in [0.2, 0.25) is 0 Å². The smallest absolute Gasteiger partial charge is 0.190 e. The summed E-state index contributed by atoms with van der Waals surface area (Å²) < 4.78 is 35.2. The third-order valence-corrected chi connectivity index (χ3v) is 3.74. The fourth-order valence-electron chi connectivity index (χ4n) is 3.07. The van der Waals surface area contributed by atoms with Crippen molar-refractivity contribution in [2.75, 3.05) is 6.61 Å². The first-order chi connectivity index (χ1) is 9.81. The summed E-state index contributed by atoms with van der Waals surface area (Å²) in [5.41, 5.74) is 0. The molecule has 3 fully saturated rings. The molecule has 3 heterocycles. The molecule has 0 aromatic heterocycles. The summed E-state index contributed by atoms with van der Waals surface area (Å²) in [7, 11) is 0. The van der Waals surface area contributed by atoms with E-state index in [-0.39, 0.29) is 24.4 Å². The average Bonchev–Trinajstić information content (AvgIpc) is 2.84. The highest BCUT2D eigenvalue weighted by Gasteiger charge is 2.60. The Balaban J connectivity index is 1.78. The molecular formula is C15H24O6. The number of hydrogen-bond acceptors (Lipinski definition) is 6. The van der Waals surface area contributed by atoms with Crippen LogP contribution < -0.4 is 0 Å². The third kappa shape index (κ3) is 2.96. The molecule has 0 saturated carbocycles. The molecule has 0 radical (unpaired) electrons. The van der Waals surface area contributed by atoms with Gasteiger partial charge in [-0.25, -0.2) is 0 Å². The maximum atomic E-state index is 6.02. The maximum absolute atomic E-state index is 6.02. The highest BCUT2D eigenvalue weighted by molar-refractivity contribution is 5.00. The minimum absolute atomic E-state index is 0.222. The molecule has 0 amide bonds. The Morgan fingerprint density at radius 3 is 2.24 bits per heavy atom. The number of ether oxygens (including phenoxy) is 6. The van der Waals surface area contributed by atoms with Crippen LogP contribution in [0, 0.1) is 0 Å². The second-order valence-corrected chi connectivity index (χ2v) is 6.51. The molecule has 3 aliphatic heterocycles. The van der Waals surface area contributed by atoms with E-state index in [4.69, 9.17) is 28.4 Å². The van der Waals surface area contributed by atoms with Crippen LogP contribution in [0.15, 0.2) is 12.3 Å². The van der Waals surface area contributed by atoms with E-state index >= 15 is 0 Å². The number of rotatable bonds is 3. The van der Waals surface area contributed by atoms with E-state index in [0.29, 0.717) is 6.61 Å². The first-order valence-corrected chi connectivity index (χ1v) is 7.41. The van der Waals surface area contributed by atoms with Crippen molar-refractivity contribution < 1.29 is 28.4 Å². The lowest BCUT2D eigenvalue weighted by atomic mass is 9.99. The van der Waals surface area contributed by atoms with Crippen molar-refractivity contribution >= 4 is 0 Å². The summed E-state index contributed by atoms with van der Waals surface area (Å²) in [6, 6.07) is 0. The van der Waals surface area contributed by atoms with E-state index in [0.717, 1.165) is 0 Å². The van der Waals surface area contributed by atoms with E-state index < -0.39 is 17.9 Å². The van der Waals surface area contributed by atoms with Gasteiger partial charge in [0.25, 0.3) is 0 Å². The maximum Gasteiger partial charge on any atom is 0.190 e. The van der Waals surface area contributed by atoms with Crippen LogP contribution in [0.4, 0.5) is 0 Å². The number of fused-ring (bicyclic) bond motifs is 3. The fraction of sp³-hybridized carbons (Fsp3) is 0.867. The van der Waals surface area contributed by atoms with Crippen molar-refractivity contribution in [3.8, 4) is 0 Å². The number of allylic oxidation sites excluding steroid dienone is 1. The molecule has 6 nitrogen and oxygen atoms in total. The summed E-state index contributed by atoms with van der Waals surface area (Å²) >= 11 is 0. The van der Waals surface area contributed by atoms with Gasteiger partial charge in [0, 0.05) is 0 Å². The Morgan fingerprint density at radius 2 is 1.52 bits per heavy atom. The zero-order chi connectivity index (χ0) is 15.3. The molecule has 3 aliphatic rings. The molecular weight excluding hydrogens is 276 g/mol. The van der Waals surface area contributed by atoms with E-state index in [9.17, 15) is 0 Å². The Bertz CT molecular complexity index is 418. The molecule has 0 spiro atoms. The highest BCUT2D eigenvalue weighted by Crippen LogP contribution is 2.44. The quantitative estimate of drug-likeness (QED) is 0.742. The van der Waals surface area contributed by atoms with E-state index in [1.807, 2.05) is 40.7 Å². The predicted molar refractivity (Wildman–Crippen MR) is 73.3 cm³/mol. The second-order valence-electron chi connectivity index (χ2n) is 6.51. The average molecular weight is 300 g/mol. The summed E-state index contributed by atoms with van der Waals surface area (Å²) in [4.78, 5) is 0. The third-order valence-electron chi connectivity index (χ3n) is 3.74. The van der Waals surface area contributed by atoms with Crippen molar-refractivity contribution in [1.29, 1.82) is 0 Å². The van der Waals surface area contributed by atoms with E-state index in [1.165, 1.54) is 0 Å². The van der Waals surface area contributed by atoms with Crippen molar-refractivity contribution in [2.45, 2.75) is 76.9 Å². The van der Waals surface area contributed by atoms with Crippen LogP contribution in [-0.4, -0.2) is 48.9 Å². The van der Waals surface area contributed by atoms with Gasteiger partial charge in [-0.2, -0.15) is 0 Å². The fourth-order valence-corrected chi connectivity index (χ4v) is 3.07. The van der Waals surface area contributed by atoms with Crippen LogP contribution in [0.5, 0.6) is 0 Å². The van der Waals surface area contributed by atoms with E-state index in [2.05, 4.69) is 0 Å². The summed E-state index contributed by atoms with van der Waals surface area (Å²) in [5, 5.41) is 0. The lowest BCUT2D eigenvalue weighted by Crippen LogP contribution is -2.56. The largest absolute Gasteiger partial charge is 0.499 e. The minimum atomic E-state index is -0.685. The van der Waals surface area contributed by atoms with Gasteiger partial charge in [-0.15, -0.1) is 0 Å². The minimum Gasteiger partial charge on any atom is -0.499 e. The van der Waals surface area contributed by atoms with Crippen molar-refractivity contribution in [3.63, 3.8) is 0 Å². The molecule has 5 atom stereocenters. The SMILES string of the molecule is C/C=C\OC[C@H]1O[C@@H]2OC(C)(C)O[C@@H]2[C@H]2OC(C)(C)O[C@H]21. The van der Waals surface area contributed by atoms with Gasteiger partial charge in [0.15, 0.2) is 17.9 Å². The lowest BCUT2D eigenvalue weighted by molar-refractivity contribution is -0.240. The van der Waals surface area contributed by atoms with Gasteiger partial charge in [-0.05, 0) is 34.6 Å². The Morgan fingerprint density at radius 1 is 0.905 bits per heavy atom. The molecule has 0 aromatic rings. The van der Waals surface area contributed by atoms with Crippen molar-refractivity contribution in [3.05, 3.63) is 12.3 Å². The molecule has 3 saturated heterocycles. The van der Waals surface area contributed by atoms with E-state index in [1.54, 1.807) is 6.26 Å². The zero-order valence-corrected chi connectivity index (χ0v) is 13.2.